The number of hydrogen-bond acceptors (Lipinski definition) is 1. The Morgan fingerprint density at radius 1 is 1.27 bits per heavy atom. The van der Waals surface area contributed by atoms with E-state index in [4.69, 9.17) is 0 Å². The Labute approximate surface area is 91.6 Å². The monoisotopic (exact) mass is 134 g/mol. The Morgan fingerprint density at radius 3 is 2.45 bits per heavy atom. The molecule has 0 N–H and O–H groups in total. The largest absolute Gasteiger partial charge is 1.00 e. The second-order valence-corrected chi connectivity index (χ2v) is 1.84. The number of rotatable bonds is 2. The Hall–Kier alpha value is 0.375. The minimum Gasteiger partial charge on any atom is -0.854 e. The molecule has 1 rings (SSSR count). The summed E-state index contributed by atoms with van der Waals surface area (Å²) in [5.41, 5.74) is 1.01. The molecule has 0 aromatic heterocycles. The molecule has 0 fully saturated rings. The summed E-state index contributed by atoms with van der Waals surface area (Å²) < 4.78 is 0. The molecule has 1 aromatic carbocycles. The minimum atomic E-state index is -0.0412. The number of hydrogen-bond donors (Lipinski definition) is 0. The van der Waals surface area contributed by atoms with Crippen LogP contribution in [-0.4, -0.2) is 6.61 Å². The predicted octanol–water partition coefficient (Wildman–Crippen LogP) is -5.60. The molecule has 0 saturated heterocycles. The molecule has 0 aliphatic rings. The molecule has 3 heteroatoms. The summed E-state index contributed by atoms with van der Waals surface area (Å²) in [6.07, 6.45) is 0.598. The van der Waals surface area contributed by atoms with Crippen LogP contribution >= 0.6 is 0 Å². The van der Waals surface area contributed by atoms with Crippen molar-refractivity contribution >= 4 is 0 Å². The molecule has 0 amide bonds. The van der Waals surface area contributed by atoms with Crippen molar-refractivity contribution < 1.29 is 42.8 Å². The molecule has 0 aliphatic carbocycles. The molecule has 0 unspecified atom stereocenters. The first-order valence-corrected chi connectivity index (χ1v) is 2.97. The van der Waals surface area contributed by atoms with Crippen molar-refractivity contribution in [1.29, 1.82) is 0 Å². The van der Waals surface area contributed by atoms with Crippen LogP contribution in [0.5, 0.6) is 0 Å². The molecule has 11 heavy (non-hydrogen) atoms. The normalized spacial score (nSPS) is 7.73. The van der Waals surface area contributed by atoms with Crippen LogP contribution in [0, 0.1) is 6.07 Å². The van der Waals surface area contributed by atoms with Crippen LogP contribution in [-0.2, 0) is 6.42 Å². The summed E-state index contributed by atoms with van der Waals surface area (Å²) in [4.78, 5) is 0. The van der Waals surface area contributed by atoms with Crippen LogP contribution in [0.15, 0.2) is 24.3 Å². The van der Waals surface area contributed by atoms with Crippen molar-refractivity contribution in [2.24, 2.45) is 0 Å². The van der Waals surface area contributed by atoms with Gasteiger partial charge in [-0.25, -0.2) is 0 Å². The van der Waals surface area contributed by atoms with E-state index >= 15 is 0 Å². The smallest absolute Gasteiger partial charge is 0.854 e. The average Bonchev–Trinajstić information content (AvgIpc) is 1.91. The zero-order chi connectivity index (χ0) is 6.53. The third kappa shape index (κ3) is 5.62. The molecule has 0 radical (unpaired) electrons. The van der Waals surface area contributed by atoms with Gasteiger partial charge in [-0.15, -0.1) is 6.61 Å². The van der Waals surface area contributed by atoms with Gasteiger partial charge in [-0.3, -0.25) is 0 Å². The van der Waals surface area contributed by atoms with Gasteiger partial charge in [0, 0.05) is 0 Å². The zero-order valence-corrected chi connectivity index (χ0v) is 7.13. The summed E-state index contributed by atoms with van der Waals surface area (Å²) in [5.74, 6) is 0. The van der Waals surface area contributed by atoms with Crippen LogP contribution in [0.25, 0.3) is 0 Å². The molecule has 48 valence electrons. The van der Waals surface area contributed by atoms with Crippen molar-refractivity contribution in [3.05, 3.63) is 35.9 Å². The van der Waals surface area contributed by atoms with E-state index in [9.17, 15) is 5.11 Å². The van der Waals surface area contributed by atoms with Crippen molar-refractivity contribution in [3.8, 4) is 0 Å². The molecule has 0 heterocycles. The molecular formula is C8H8Li2O. The van der Waals surface area contributed by atoms with Crippen LogP contribution in [0.2, 0.25) is 0 Å². The molecule has 0 saturated carbocycles. The summed E-state index contributed by atoms with van der Waals surface area (Å²) in [5, 5.41) is 10.1. The maximum absolute atomic E-state index is 10.1. The Kier molecular flexibility index (Phi) is 10.7. The summed E-state index contributed by atoms with van der Waals surface area (Å²) in [6.45, 7) is -0.0412. The van der Waals surface area contributed by atoms with Gasteiger partial charge in [0.1, 0.15) is 0 Å². The van der Waals surface area contributed by atoms with E-state index in [1.54, 1.807) is 0 Å². The second kappa shape index (κ2) is 8.47. The minimum absolute atomic E-state index is 0. The fraction of sp³-hybridized carbons (Fsp3) is 0.250. The van der Waals surface area contributed by atoms with Gasteiger partial charge in [0.15, 0.2) is 0 Å². The van der Waals surface area contributed by atoms with E-state index in [1.807, 2.05) is 24.3 Å². The third-order valence-corrected chi connectivity index (χ3v) is 1.14. The van der Waals surface area contributed by atoms with E-state index in [0.717, 1.165) is 5.56 Å². The topological polar surface area (TPSA) is 23.1 Å². The van der Waals surface area contributed by atoms with Gasteiger partial charge in [-0.1, -0.05) is 6.42 Å². The van der Waals surface area contributed by atoms with Crippen molar-refractivity contribution in [2.45, 2.75) is 6.42 Å². The van der Waals surface area contributed by atoms with Crippen LogP contribution < -0.4 is 42.8 Å². The first kappa shape index (κ1) is 13.9. The molecule has 1 aromatic rings. The maximum Gasteiger partial charge on any atom is 1.00 e. The molecule has 0 spiro atoms. The van der Waals surface area contributed by atoms with Crippen molar-refractivity contribution in [3.63, 3.8) is 0 Å². The van der Waals surface area contributed by atoms with E-state index in [-0.39, 0.29) is 44.3 Å². The Bertz CT molecular complexity index is 165. The molecule has 0 aliphatic heterocycles. The Balaban J connectivity index is 0. The fourth-order valence-electron chi connectivity index (χ4n) is 0.696. The van der Waals surface area contributed by atoms with Gasteiger partial charge in [-0.2, -0.15) is 35.9 Å². The Morgan fingerprint density at radius 2 is 2.00 bits per heavy atom. The van der Waals surface area contributed by atoms with E-state index in [2.05, 4.69) is 6.07 Å². The summed E-state index contributed by atoms with van der Waals surface area (Å²) in [7, 11) is 0. The van der Waals surface area contributed by atoms with Gasteiger partial charge < -0.3 is 5.11 Å². The van der Waals surface area contributed by atoms with Gasteiger partial charge in [0.25, 0.3) is 0 Å². The van der Waals surface area contributed by atoms with E-state index in [1.165, 1.54) is 0 Å². The zero-order valence-electron chi connectivity index (χ0n) is 7.13. The van der Waals surface area contributed by atoms with Crippen LogP contribution in [0.3, 0.4) is 0 Å². The molecule has 1 nitrogen and oxygen atoms in total. The van der Waals surface area contributed by atoms with Gasteiger partial charge in [0.2, 0.25) is 0 Å². The molecular weight excluding hydrogens is 126 g/mol. The number of benzene rings is 1. The van der Waals surface area contributed by atoms with Gasteiger partial charge in [0.05, 0.1) is 0 Å². The standard InChI is InChI=1S/C8H8O.2Li/c9-7-6-8-4-2-1-3-5-8;;/h1-4H,6-7H2;;/q-2;2*+1. The van der Waals surface area contributed by atoms with Crippen LogP contribution in [0.4, 0.5) is 0 Å². The quantitative estimate of drug-likeness (QED) is 0.292. The SMILES string of the molecule is [Li+].[Li+].[O-]CCc1[c-]cccc1. The molecule has 0 atom stereocenters. The first-order chi connectivity index (χ1) is 4.43. The second-order valence-electron chi connectivity index (χ2n) is 1.84. The fourth-order valence-corrected chi connectivity index (χ4v) is 0.696. The summed E-state index contributed by atoms with van der Waals surface area (Å²) >= 11 is 0. The third-order valence-electron chi connectivity index (χ3n) is 1.14. The van der Waals surface area contributed by atoms with Crippen LogP contribution in [0.1, 0.15) is 5.56 Å². The van der Waals surface area contributed by atoms with Crippen molar-refractivity contribution in [2.75, 3.05) is 6.61 Å². The molecule has 0 bridgehead atoms. The van der Waals surface area contributed by atoms with E-state index < -0.39 is 0 Å². The average molecular weight is 134 g/mol. The van der Waals surface area contributed by atoms with Crippen molar-refractivity contribution in [1.82, 2.24) is 0 Å². The maximum atomic E-state index is 10.1. The summed E-state index contributed by atoms with van der Waals surface area (Å²) in [6, 6.07) is 10.5. The first-order valence-electron chi connectivity index (χ1n) is 2.97. The van der Waals surface area contributed by atoms with E-state index in [0.29, 0.717) is 6.42 Å². The van der Waals surface area contributed by atoms with Gasteiger partial charge >= 0.3 is 37.7 Å². The predicted molar refractivity (Wildman–Crippen MR) is 33.8 cm³/mol. The van der Waals surface area contributed by atoms with Gasteiger partial charge in [-0.05, 0) is 0 Å².